The number of anilines is 1. The van der Waals surface area contributed by atoms with Gasteiger partial charge < -0.3 is 16.4 Å². The molecule has 0 unspecified atom stereocenters. The van der Waals surface area contributed by atoms with Crippen LogP contribution in [-0.2, 0) is 0 Å². The lowest BCUT2D eigenvalue weighted by atomic mass is 10.1. The standard InChI is InChI=1S/C11H16N2O.C7H15N.C2H6/c1-11(2,3)13-10(14)8-6-4-5-7-9(8)12;1-6(2)8-7(3,4)5;1-2/h4-7H,12H2,1-3H3,(H,13,14);8H,1H2,2-5H3;1-2H3. The van der Waals surface area contributed by atoms with Crippen molar-refractivity contribution in [3.63, 3.8) is 0 Å². The summed E-state index contributed by atoms with van der Waals surface area (Å²) in [5, 5.41) is 6.04. The fourth-order valence-corrected chi connectivity index (χ4v) is 1.75. The summed E-state index contributed by atoms with van der Waals surface area (Å²) in [6.45, 7) is 21.8. The van der Waals surface area contributed by atoms with Gasteiger partial charge in [0.15, 0.2) is 0 Å². The molecule has 0 spiro atoms. The molecule has 0 aromatic heterocycles. The maximum atomic E-state index is 11.7. The normalized spacial score (nSPS) is 10.4. The summed E-state index contributed by atoms with van der Waals surface area (Å²) >= 11 is 0. The highest BCUT2D eigenvalue weighted by Crippen LogP contribution is 2.11. The molecule has 0 saturated carbocycles. The topological polar surface area (TPSA) is 67.1 Å². The molecular weight excluding hydrogens is 298 g/mol. The molecule has 1 rings (SSSR count). The van der Waals surface area contributed by atoms with Gasteiger partial charge in [0.1, 0.15) is 0 Å². The fourth-order valence-electron chi connectivity index (χ4n) is 1.75. The first-order chi connectivity index (χ1) is 10.8. The first kappa shape index (κ1) is 24.3. The summed E-state index contributed by atoms with van der Waals surface area (Å²) in [5.41, 5.74) is 7.68. The largest absolute Gasteiger partial charge is 0.398 e. The summed E-state index contributed by atoms with van der Waals surface area (Å²) < 4.78 is 0. The molecular formula is C20H37N3O. The van der Waals surface area contributed by atoms with Crippen LogP contribution < -0.4 is 16.4 Å². The van der Waals surface area contributed by atoms with Crippen molar-refractivity contribution in [1.82, 2.24) is 10.6 Å². The Kier molecular flexibility index (Phi) is 10.9. The van der Waals surface area contributed by atoms with E-state index in [0.29, 0.717) is 11.3 Å². The van der Waals surface area contributed by atoms with Gasteiger partial charge in [0.2, 0.25) is 0 Å². The molecule has 4 nitrogen and oxygen atoms in total. The summed E-state index contributed by atoms with van der Waals surface area (Å²) in [6.07, 6.45) is 0. The first-order valence-electron chi connectivity index (χ1n) is 8.42. The van der Waals surface area contributed by atoms with Crippen LogP contribution in [0.3, 0.4) is 0 Å². The van der Waals surface area contributed by atoms with Crippen LogP contribution in [0.5, 0.6) is 0 Å². The molecule has 0 bridgehead atoms. The molecule has 0 aliphatic rings. The van der Waals surface area contributed by atoms with Gasteiger partial charge >= 0.3 is 0 Å². The zero-order valence-corrected chi connectivity index (χ0v) is 17.0. The highest BCUT2D eigenvalue weighted by atomic mass is 16.1. The molecule has 1 aromatic carbocycles. The number of allylic oxidation sites excluding steroid dienone is 1. The second-order valence-electron chi connectivity index (χ2n) is 7.45. The third-order valence-electron chi connectivity index (χ3n) is 2.28. The predicted octanol–water partition coefficient (Wildman–Crippen LogP) is 4.73. The van der Waals surface area contributed by atoms with Gasteiger partial charge in [-0.3, -0.25) is 4.79 Å². The Bertz CT molecular complexity index is 508. The van der Waals surface area contributed by atoms with Crippen molar-refractivity contribution in [2.45, 2.75) is 73.4 Å². The third kappa shape index (κ3) is 13.7. The van der Waals surface area contributed by atoms with Crippen molar-refractivity contribution in [1.29, 1.82) is 0 Å². The summed E-state index contributed by atoms with van der Waals surface area (Å²) in [5.74, 6) is -0.129. The van der Waals surface area contributed by atoms with E-state index >= 15 is 0 Å². The SMILES string of the molecule is C=C(C)NC(C)(C)C.CC.CC(C)(C)NC(=O)c1ccccc1N. The van der Waals surface area contributed by atoms with Crippen LogP contribution in [0.15, 0.2) is 36.5 Å². The van der Waals surface area contributed by atoms with Crippen LogP contribution >= 0.6 is 0 Å². The van der Waals surface area contributed by atoms with Gasteiger partial charge in [-0.1, -0.05) is 32.6 Å². The highest BCUT2D eigenvalue weighted by molar-refractivity contribution is 5.99. The van der Waals surface area contributed by atoms with E-state index in [2.05, 4.69) is 38.0 Å². The summed E-state index contributed by atoms with van der Waals surface area (Å²) in [7, 11) is 0. The van der Waals surface area contributed by atoms with Crippen LogP contribution in [0.4, 0.5) is 5.69 Å². The fraction of sp³-hybridized carbons (Fsp3) is 0.550. The molecule has 0 radical (unpaired) electrons. The van der Waals surface area contributed by atoms with Crippen molar-refractivity contribution in [3.05, 3.63) is 42.1 Å². The molecule has 0 saturated heterocycles. The molecule has 1 aromatic rings. The van der Waals surface area contributed by atoms with Crippen LogP contribution in [0.1, 0.15) is 72.7 Å². The van der Waals surface area contributed by atoms with Crippen molar-refractivity contribution >= 4 is 11.6 Å². The Balaban J connectivity index is 0. The Hall–Kier alpha value is -1.97. The molecule has 138 valence electrons. The molecule has 4 N–H and O–H groups in total. The van der Waals surface area contributed by atoms with E-state index in [9.17, 15) is 4.79 Å². The minimum Gasteiger partial charge on any atom is -0.398 e. The number of carbonyl (C=O) groups is 1. The predicted molar refractivity (Wildman–Crippen MR) is 107 cm³/mol. The molecule has 0 aliphatic carbocycles. The second kappa shape index (κ2) is 10.7. The number of hydrogen-bond donors (Lipinski definition) is 3. The number of carbonyl (C=O) groups excluding carboxylic acids is 1. The van der Waals surface area contributed by atoms with E-state index in [4.69, 9.17) is 5.73 Å². The van der Waals surface area contributed by atoms with Crippen molar-refractivity contribution in [2.75, 3.05) is 5.73 Å². The molecule has 4 heteroatoms. The number of rotatable bonds is 2. The van der Waals surface area contributed by atoms with Gasteiger partial charge in [-0.05, 0) is 60.6 Å². The van der Waals surface area contributed by atoms with Crippen LogP contribution in [0, 0.1) is 0 Å². The molecule has 0 atom stereocenters. The van der Waals surface area contributed by atoms with Gasteiger partial charge in [0.25, 0.3) is 5.91 Å². The van der Waals surface area contributed by atoms with Crippen LogP contribution in [0.25, 0.3) is 0 Å². The zero-order chi connectivity index (χ0) is 19.6. The van der Waals surface area contributed by atoms with Crippen LogP contribution in [-0.4, -0.2) is 17.0 Å². The summed E-state index contributed by atoms with van der Waals surface area (Å²) in [6, 6.07) is 7.05. The number of para-hydroxylation sites is 1. The van der Waals surface area contributed by atoms with Gasteiger partial charge in [0.05, 0.1) is 5.56 Å². The number of nitrogens with one attached hydrogen (secondary N) is 2. The van der Waals surface area contributed by atoms with Crippen molar-refractivity contribution < 1.29 is 4.79 Å². The lowest BCUT2D eigenvalue weighted by Crippen LogP contribution is -2.40. The average Bonchev–Trinajstić information content (AvgIpc) is 2.37. The van der Waals surface area contributed by atoms with Gasteiger partial charge in [-0.15, -0.1) is 0 Å². The lowest BCUT2D eigenvalue weighted by Gasteiger charge is -2.21. The number of nitrogen functional groups attached to an aromatic ring is 1. The van der Waals surface area contributed by atoms with Gasteiger partial charge in [-0.25, -0.2) is 0 Å². The van der Waals surface area contributed by atoms with E-state index < -0.39 is 0 Å². The van der Waals surface area contributed by atoms with Crippen LogP contribution in [0.2, 0.25) is 0 Å². The minimum absolute atomic E-state index is 0.129. The number of benzene rings is 1. The monoisotopic (exact) mass is 335 g/mol. The minimum atomic E-state index is -0.237. The van der Waals surface area contributed by atoms with E-state index in [1.165, 1.54) is 0 Å². The van der Waals surface area contributed by atoms with Crippen molar-refractivity contribution in [3.8, 4) is 0 Å². The lowest BCUT2D eigenvalue weighted by molar-refractivity contribution is 0.0920. The number of amides is 1. The maximum Gasteiger partial charge on any atom is 0.253 e. The Morgan fingerprint density at radius 2 is 1.38 bits per heavy atom. The molecule has 1 amide bonds. The number of nitrogens with two attached hydrogens (primary N) is 1. The Labute approximate surface area is 148 Å². The molecule has 0 aliphatic heterocycles. The Morgan fingerprint density at radius 3 is 1.67 bits per heavy atom. The third-order valence-corrected chi connectivity index (χ3v) is 2.28. The first-order valence-corrected chi connectivity index (χ1v) is 8.42. The molecule has 24 heavy (non-hydrogen) atoms. The smallest absolute Gasteiger partial charge is 0.253 e. The van der Waals surface area contributed by atoms with Gasteiger partial charge in [-0.2, -0.15) is 0 Å². The van der Waals surface area contributed by atoms with E-state index in [1.807, 2.05) is 47.6 Å². The Morgan fingerprint density at radius 1 is 0.958 bits per heavy atom. The zero-order valence-electron chi connectivity index (χ0n) is 17.0. The number of hydrogen-bond acceptors (Lipinski definition) is 3. The van der Waals surface area contributed by atoms with Crippen molar-refractivity contribution in [2.24, 2.45) is 0 Å². The van der Waals surface area contributed by atoms with E-state index in [0.717, 1.165) is 5.70 Å². The van der Waals surface area contributed by atoms with E-state index in [-0.39, 0.29) is 17.0 Å². The molecule has 0 heterocycles. The second-order valence-corrected chi connectivity index (χ2v) is 7.45. The summed E-state index contributed by atoms with van der Waals surface area (Å²) in [4.78, 5) is 11.7. The van der Waals surface area contributed by atoms with E-state index in [1.54, 1.807) is 18.2 Å². The van der Waals surface area contributed by atoms with Gasteiger partial charge in [0, 0.05) is 22.5 Å². The average molecular weight is 336 g/mol. The quantitative estimate of drug-likeness (QED) is 0.684. The maximum absolute atomic E-state index is 11.7. The molecule has 0 fully saturated rings. The highest BCUT2D eigenvalue weighted by Gasteiger charge is 2.16.